The number of rotatable bonds is 2. The van der Waals surface area contributed by atoms with Gasteiger partial charge in [0.15, 0.2) is 11.5 Å². The van der Waals surface area contributed by atoms with E-state index < -0.39 is 0 Å². The maximum Gasteiger partial charge on any atom is 0.161 e. The second-order valence-corrected chi connectivity index (χ2v) is 4.35. The number of benzene rings is 1. The molecule has 0 atom stereocenters. The Balaban J connectivity index is 2.03. The monoisotopic (exact) mass is 206 g/mol. The van der Waals surface area contributed by atoms with Crippen molar-refractivity contribution in [3.8, 4) is 11.5 Å². The van der Waals surface area contributed by atoms with Gasteiger partial charge in [0.25, 0.3) is 0 Å². The summed E-state index contributed by atoms with van der Waals surface area (Å²) in [5, 5.41) is 9.70. The van der Waals surface area contributed by atoms with Crippen LogP contribution in [-0.2, 0) is 0 Å². The van der Waals surface area contributed by atoms with E-state index in [0.29, 0.717) is 11.9 Å². The molecule has 0 aromatic heterocycles. The molecule has 0 aliphatic heterocycles. The van der Waals surface area contributed by atoms with Crippen molar-refractivity contribution in [3.05, 3.63) is 23.8 Å². The van der Waals surface area contributed by atoms with Crippen molar-refractivity contribution in [3.63, 3.8) is 0 Å². The number of ether oxygens (including phenoxy) is 1. The molecule has 1 fully saturated rings. The number of hydrogen-bond acceptors (Lipinski definition) is 2. The summed E-state index contributed by atoms with van der Waals surface area (Å²) in [6, 6.07) is 5.58. The summed E-state index contributed by atoms with van der Waals surface area (Å²) < 4.78 is 5.79. The molecule has 1 aromatic rings. The number of phenolic OH excluding ortho intramolecular Hbond substituents is 1. The quantitative estimate of drug-likeness (QED) is 0.803. The molecule has 1 aliphatic carbocycles. The van der Waals surface area contributed by atoms with Crippen LogP contribution in [0.4, 0.5) is 0 Å². The zero-order valence-corrected chi connectivity index (χ0v) is 9.20. The summed E-state index contributed by atoms with van der Waals surface area (Å²) in [5.74, 6) is 0.896. The van der Waals surface area contributed by atoms with Gasteiger partial charge in [0, 0.05) is 0 Å². The maximum atomic E-state index is 9.70. The minimum Gasteiger partial charge on any atom is -0.504 e. The predicted octanol–water partition coefficient (Wildman–Crippen LogP) is 3.41. The molecule has 15 heavy (non-hydrogen) atoms. The summed E-state index contributed by atoms with van der Waals surface area (Å²) >= 11 is 0. The molecule has 0 unspecified atom stereocenters. The van der Waals surface area contributed by atoms with E-state index in [0.717, 1.165) is 18.4 Å². The molecule has 1 aliphatic rings. The van der Waals surface area contributed by atoms with Crippen LogP contribution in [-0.4, -0.2) is 11.2 Å². The van der Waals surface area contributed by atoms with Crippen molar-refractivity contribution < 1.29 is 9.84 Å². The van der Waals surface area contributed by atoms with Crippen molar-refractivity contribution in [1.82, 2.24) is 0 Å². The molecule has 2 heteroatoms. The van der Waals surface area contributed by atoms with Crippen molar-refractivity contribution >= 4 is 0 Å². The molecule has 0 radical (unpaired) electrons. The van der Waals surface area contributed by atoms with Crippen molar-refractivity contribution in [1.29, 1.82) is 0 Å². The standard InChI is InChI=1S/C13H18O2/c1-10-7-8-13(12(14)9-10)15-11-5-3-2-4-6-11/h7-9,11,14H,2-6H2,1H3. The fourth-order valence-electron chi connectivity index (χ4n) is 2.09. The Morgan fingerprint density at radius 1 is 1.20 bits per heavy atom. The largest absolute Gasteiger partial charge is 0.504 e. The molecule has 0 spiro atoms. The van der Waals surface area contributed by atoms with Gasteiger partial charge in [0.2, 0.25) is 0 Å². The third-order valence-electron chi connectivity index (χ3n) is 2.96. The van der Waals surface area contributed by atoms with Crippen LogP contribution in [0.1, 0.15) is 37.7 Å². The molecule has 0 bridgehead atoms. The highest BCUT2D eigenvalue weighted by atomic mass is 16.5. The van der Waals surface area contributed by atoms with E-state index in [-0.39, 0.29) is 5.75 Å². The summed E-state index contributed by atoms with van der Waals surface area (Å²) in [6.07, 6.45) is 6.35. The van der Waals surface area contributed by atoms with E-state index >= 15 is 0 Å². The first-order chi connectivity index (χ1) is 7.25. The van der Waals surface area contributed by atoms with Crippen molar-refractivity contribution in [2.24, 2.45) is 0 Å². The zero-order chi connectivity index (χ0) is 10.7. The molecule has 0 saturated heterocycles. The van der Waals surface area contributed by atoms with Gasteiger partial charge in [0.1, 0.15) is 0 Å². The summed E-state index contributed by atoms with van der Waals surface area (Å²) in [6.45, 7) is 1.96. The van der Waals surface area contributed by atoms with Crippen LogP contribution in [0.15, 0.2) is 18.2 Å². The third kappa shape index (κ3) is 2.65. The molecule has 0 heterocycles. The van der Waals surface area contributed by atoms with Gasteiger partial charge >= 0.3 is 0 Å². The molecular formula is C13H18O2. The normalized spacial score (nSPS) is 17.7. The Labute approximate surface area is 90.9 Å². The van der Waals surface area contributed by atoms with Crippen molar-refractivity contribution in [2.75, 3.05) is 0 Å². The first kappa shape index (κ1) is 10.3. The molecule has 1 saturated carbocycles. The topological polar surface area (TPSA) is 29.5 Å². The molecule has 0 amide bonds. The predicted molar refractivity (Wildman–Crippen MR) is 60.3 cm³/mol. The SMILES string of the molecule is Cc1ccc(OC2CCCCC2)c(O)c1. The van der Waals surface area contributed by atoms with Gasteiger partial charge in [0.05, 0.1) is 6.10 Å². The van der Waals surface area contributed by atoms with Gasteiger partial charge in [-0.25, -0.2) is 0 Å². The highest BCUT2D eigenvalue weighted by Crippen LogP contribution is 2.30. The lowest BCUT2D eigenvalue weighted by molar-refractivity contribution is 0.150. The van der Waals surface area contributed by atoms with Gasteiger partial charge < -0.3 is 9.84 Å². The molecule has 1 aromatic carbocycles. The lowest BCUT2D eigenvalue weighted by Crippen LogP contribution is -2.19. The van der Waals surface area contributed by atoms with Crippen LogP contribution in [0, 0.1) is 6.92 Å². The van der Waals surface area contributed by atoms with Crippen LogP contribution in [0.3, 0.4) is 0 Å². The third-order valence-corrected chi connectivity index (χ3v) is 2.96. The van der Waals surface area contributed by atoms with E-state index in [4.69, 9.17) is 4.74 Å². The second kappa shape index (κ2) is 4.56. The van der Waals surface area contributed by atoms with E-state index in [1.54, 1.807) is 6.07 Å². The molecular weight excluding hydrogens is 188 g/mol. The fraction of sp³-hybridized carbons (Fsp3) is 0.538. The Kier molecular flexibility index (Phi) is 3.14. The van der Waals surface area contributed by atoms with Crippen LogP contribution in [0.2, 0.25) is 0 Å². The zero-order valence-electron chi connectivity index (χ0n) is 9.20. The van der Waals surface area contributed by atoms with Gasteiger partial charge in [-0.2, -0.15) is 0 Å². The lowest BCUT2D eigenvalue weighted by Gasteiger charge is -2.23. The highest BCUT2D eigenvalue weighted by molar-refractivity contribution is 5.41. The Hall–Kier alpha value is -1.18. The Morgan fingerprint density at radius 3 is 2.60 bits per heavy atom. The van der Waals surface area contributed by atoms with E-state index in [9.17, 15) is 5.11 Å². The van der Waals surface area contributed by atoms with E-state index in [1.807, 2.05) is 19.1 Å². The summed E-state index contributed by atoms with van der Waals surface area (Å²) in [7, 11) is 0. The number of hydrogen-bond donors (Lipinski definition) is 1. The average molecular weight is 206 g/mol. The first-order valence-electron chi connectivity index (χ1n) is 5.72. The highest BCUT2D eigenvalue weighted by Gasteiger charge is 2.16. The number of phenols is 1. The molecule has 2 rings (SSSR count). The minimum absolute atomic E-state index is 0.264. The average Bonchev–Trinajstić information content (AvgIpc) is 2.24. The van der Waals surface area contributed by atoms with Gasteiger partial charge in [-0.1, -0.05) is 12.5 Å². The summed E-state index contributed by atoms with van der Waals surface area (Å²) in [5.41, 5.74) is 1.06. The van der Waals surface area contributed by atoms with E-state index in [2.05, 4.69) is 0 Å². The molecule has 2 nitrogen and oxygen atoms in total. The van der Waals surface area contributed by atoms with Crippen molar-refractivity contribution in [2.45, 2.75) is 45.1 Å². The van der Waals surface area contributed by atoms with E-state index in [1.165, 1.54) is 19.3 Å². The first-order valence-corrected chi connectivity index (χ1v) is 5.72. The second-order valence-electron chi connectivity index (χ2n) is 4.35. The van der Waals surface area contributed by atoms with Crippen LogP contribution in [0.5, 0.6) is 11.5 Å². The Morgan fingerprint density at radius 2 is 1.93 bits per heavy atom. The number of aryl methyl sites for hydroxylation is 1. The summed E-state index contributed by atoms with van der Waals surface area (Å²) in [4.78, 5) is 0. The minimum atomic E-state index is 0.264. The van der Waals surface area contributed by atoms with Gasteiger partial charge in [-0.15, -0.1) is 0 Å². The van der Waals surface area contributed by atoms with Crippen LogP contribution >= 0.6 is 0 Å². The molecule has 82 valence electrons. The fourth-order valence-corrected chi connectivity index (χ4v) is 2.09. The van der Waals surface area contributed by atoms with Gasteiger partial charge in [-0.3, -0.25) is 0 Å². The number of aromatic hydroxyl groups is 1. The van der Waals surface area contributed by atoms with Gasteiger partial charge in [-0.05, 0) is 50.3 Å². The maximum absolute atomic E-state index is 9.70. The lowest BCUT2D eigenvalue weighted by atomic mass is 9.98. The Bertz CT molecular complexity index is 327. The molecule has 1 N–H and O–H groups in total. The smallest absolute Gasteiger partial charge is 0.161 e. The van der Waals surface area contributed by atoms with Crippen LogP contribution in [0.25, 0.3) is 0 Å². The van der Waals surface area contributed by atoms with Crippen LogP contribution < -0.4 is 4.74 Å².